The Morgan fingerprint density at radius 2 is 2.14 bits per heavy atom. The number of rotatable bonds is 4. The van der Waals surface area contributed by atoms with Gasteiger partial charge in [0.05, 0.1) is 17.8 Å². The third kappa shape index (κ3) is 2.99. The summed E-state index contributed by atoms with van der Waals surface area (Å²) in [5.74, 6) is 0.841. The van der Waals surface area contributed by atoms with E-state index in [-0.39, 0.29) is 5.91 Å². The number of anilines is 1. The molecule has 0 saturated heterocycles. The molecule has 10 heteroatoms. The highest BCUT2D eigenvalue weighted by Crippen LogP contribution is 2.29. The monoisotopic (exact) mass is 404 g/mol. The Hall–Kier alpha value is -3.79. The molecule has 144 valence electrons. The molecular formula is C19H16N8OS. The molecule has 0 aliphatic heterocycles. The van der Waals surface area contributed by atoms with Crippen molar-refractivity contribution in [2.75, 3.05) is 12.8 Å². The number of H-pyrrole nitrogens is 2. The van der Waals surface area contributed by atoms with Gasteiger partial charge in [0.1, 0.15) is 22.7 Å². The first-order valence-corrected chi connectivity index (χ1v) is 9.70. The van der Waals surface area contributed by atoms with Crippen molar-refractivity contribution < 1.29 is 4.79 Å². The summed E-state index contributed by atoms with van der Waals surface area (Å²) < 4.78 is 0. The number of nitrogens with two attached hydrogens (primary N) is 1. The summed E-state index contributed by atoms with van der Waals surface area (Å²) in [6.07, 6.45) is 3.32. The van der Waals surface area contributed by atoms with Crippen molar-refractivity contribution in [1.29, 1.82) is 0 Å². The highest BCUT2D eigenvalue weighted by Gasteiger charge is 2.18. The van der Waals surface area contributed by atoms with E-state index in [1.165, 1.54) is 11.3 Å². The van der Waals surface area contributed by atoms with Gasteiger partial charge in [-0.3, -0.25) is 9.89 Å². The third-order valence-corrected chi connectivity index (χ3v) is 5.42. The van der Waals surface area contributed by atoms with Crippen LogP contribution in [0.2, 0.25) is 0 Å². The van der Waals surface area contributed by atoms with Crippen molar-refractivity contribution in [2.45, 2.75) is 6.54 Å². The molecule has 0 spiro atoms. The Morgan fingerprint density at radius 3 is 2.90 bits per heavy atom. The molecule has 1 amide bonds. The number of thiazole rings is 1. The van der Waals surface area contributed by atoms with Crippen molar-refractivity contribution in [3.8, 4) is 11.3 Å². The van der Waals surface area contributed by atoms with Crippen LogP contribution in [0.4, 0.5) is 5.82 Å². The number of carbonyl (C=O) groups excluding carboxylic acids is 1. The minimum absolute atomic E-state index is 0.152. The van der Waals surface area contributed by atoms with Gasteiger partial charge < -0.3 is 15.6 Å². The number of carbonyl (C=O) groups is 1. The van der Waals surface area contributed by atoms with Crippen molar-refractivity contribution in [3.05, 3.63) is 52.9 Å². The smallest absolute Gasteiger partial charge is 0.282 e. The van der Waals surface area contributed by atoms with Gasteiger partial charge in [-0.2, -0.15) is 5.10 Å². The fourth-order valence-electron chi connectivity index (χ4n) is 3.26. The maximum atomic E-state index is 12.4. The topological polar surface area (TPSA) is 129 Å². The van der Waals surface area contributed by atoms with Crippen LogP contribution in [0.25, 0.3) is 33.2 Å². The average molecular weight is 404 g/mol. The lowest BCUT2D eigenvalue weighted by Crippen LogP contribution is -2.26. The van der Waals surface area contributed by atoms with Crippen LogP contribution in [0.15, 0.2) is 42.0 Å². The maximum Gasteiger partial charge on any atom is 0.282 e. The van der Waals surface area contributed by atoms with E-state index in [1.54, 1.807) is 29.7 Å². The van der Waals surface area contributed by atoms with Crippen LogP contribution >= 0.6 is 11.3 Å². The predicted molar refractivity (Wildman–Crippen MR) is 111 cm³/mol. The molecule has 0 atom stereocenters. The zero-order valence-electron chi connectivity index (χ0n) is 15.4. The van der Waals surface area contributed by atoms with Gasteiger partial charge in [0.15, 0.2) is 5.01 Å². The first-order chi connectivity index (χ1) is 14.1. The summed E-state index contributed by atoms with van der Waals surface area (Å²) in [6.45, 7) is 0.306. The van der Waals surface area contributed by atoms with Crippen molar-refractivity contribution in [3.63, 3.8) is 0 Å². The van der Waals surface area contributed by atoms with E-state index < -0.39 is 0 Å². The molecule has 0 unspecified atom stereocenters. The van der Waals surface area contributed by atoms with Crippen molar-refractivity contribution in [2.24, 2.45) is 0 Å². The Balaban J connectivity index is 1.53. The Kier molecular flexibility index (Phi) is 3.98. The lowest BCUT2D eigenvalue weighted by Gasteiger charge is -2.13. The van der Waals surface area contributed by atoms with Crippen molar-refractivity contribution >= 4 is 45.0 Å². The molecule has 0 radical (unpaired) electrons. The highest BCUT2D eigenvalue weighted by molar-refractivity contribution is 7.11. The van der Waals surface area contributed by atoms with Gasteiger partial charge in [0.25, 0.3) is 5.91 Å². The number of aromatic nitrogens is 6. The van der Waals surface area contributed by atoms with Crippen LogP contribution in [0.5, 0.6) is 0 Å². The van der Waals surface area contributed by atoms with E-state index in [0.717, 1.165) is 27.7 Å². The number of hydrogen-bond donors (Lipinski definition) is 3. The summed E-state index contributed by atoms with van der Waals surface area (Å²) in [7, 11) is 1.72. The molecule has 0 saturated carbocycles. The summed E-state index contributed by atoms with van der Waals surface area (Å²) in [4.78, 5) is 30.5. The van der Waals surface area contributed by atoms with E-state index in [2.05, 4.69) is 25.1 Å². The molecule has 5 rings (SSSR count). The Labute approximate surface area is 168 Å². The molecule has 0 aliphatic carbocycles. The fraction of sp³-hybridized carbons (Fsp3) is 0.105. The molecule has 29 heavy (non-hydrogen) atoms. The number of nitrogen functional groups attached to an aromatic ring is 1. The number of nitrogens with one attached hydrogen (secondary N) is 2. The standard InChI is InChI=1S/C19H16N8OS/c1-27(19(28)18-21-6-7-29-18)9-14-24-15-11-3-2-10(12-4-5-22-26-12)8-13(11)23-17(20)16(15)25-14/h2-8H,9H2,1H3,(H2,20,23)(H,22,26)(H,24,25). The third-order valence-electron chi connectivity index (χ3n) is 4.66. The van der Waals surface area contributed by atoms with Crippen molar-refractivity contribution in [1.82, 2.24) is 35.0 Å². The van der Waals surface area contributed by atoms with Crippen LogP contribution in [-0.2, 0) is 6.54 Å². The number of pyridine rings is 1. The number of nitrogens with zero attached hydrogens (tertiary/aromatic N) is 5. The van der Waals surface area contributed by atoms with E-state index in [9.17, 15) is 4.79 Å². The summed E-state index contributed by atoms with van der Waals surface area (Å²) in [6, 6.07) is 7.80. The summed E-state index contributed by atoms with van der Waals surface area (Å²) in [5.41, 5.74) is 10.2. The molecule has 0 fully saturated rings. The zero-order chi connectivity index (χ0) is 20.0. The Bertz CT molecular complexity index is 1320. The van der Waals surface area contributed by atoms with Gasteiger partial charge in [0, 0.05) is 35.8 Å². The molecular weight excluding hydrogens is 388 g/mol. The first kappa shape index (κ1) is 17.3. The minimum atomic E-state index is -0.152. The lowest BCUT2D eigenvalue weighted by atomic mass is 10.1. The quantitative estimate of drug-likeness (QED) is 0.422. The predicted octanol–water partition coefficient (Wildman–Crippen LogP) is 2.81. The molecule has 4 heterocycles. The number of aromatic amines is 2. The zero-order valence-corrected chi connectivity index (χ0v) is 16.2. The maximum absolute atomic E-state index is 12.4. The van der Waals surface area contributed by atoms with Gasteiger partial charge in [0.2, 0.25) is 0 Å². The number of imidazole rings is 1. The fourth-order valence-corrected chi connectivity index (χ4v) is 3.89. The largest absolute Gasteiger partial charge is 0.382 e. The average Bonchev–Trinajstić information content (AvgIpc) is 3.48. The number of hydrogen-bond acceptors (Lipinski definition) is 7. The molecule has 0 bridgehead atoms. The summed E-state index contributed by atoms with van der Waals surface area (Å²) in [5, 5.41) is 10.0. The van der Waals surface area contributed by atoms with Gasteiger partial charge in [-0.15, -0.1) is 11.3 Å². The van der Waals surface area contributed by atoms with Gasteiger partial charge in [-0.05, 0) is 18.2 Å². The molecule has 4 N–H and O–H groups in total. The van der Waals surface area contributed by atoms with E-state index in [0.29, 0.717) is 28.7 Å². The number of fused-ring (bicyclic) bond motifs is 3. The highest BCUT2D eigenvalue weighted by atomic mass is 32.1. The molecule has 4 aromatic heterocycles. The van der Waals surface area contributed by atoms with Crippen LogP contribution in [0.1, 0.15) is 15.6 Å². The lowest BCUT2D eigenvalue weighted by molar-refractivity contribution is 0.0781. The van der Waals surface area contributed by atoms with Gasteiger partial charge in [-0.1, -0.05) is 6.07 Å². The van der Waals surface area contributed by atoms with Gasteiger partial charge in [-0.25, -0.2) is 15.0 Å². The van der Waals surface area contributed by atoms with Crippen LogP contribution in [0, 0.1) is 0 Å². The van der Waals surface area contributed by atoms with Gasteiger partial charge >= 0.3 is 0 Å². The number of amides is 1. The van der Waals surface area contributed by atoms with E-state index in [1.807, 2.05) is 24.3 Å². The molecule has 9 nitrogen and oxygen atoms in total. The second kappa shape index (κ2) is 6.67. The number of benzene rings is 1. The molecule has 0 aliphatic rings. The van der Waals surface area contributed by atoms with Crippen LogP contribution in [-0.4, -0.2) is 48.0 Å². The van der Waals surface area contributed by atoms with Crippen LogP contribution < -0.4 is 5.73 Å². The Morgan fingerprint density at radius 1 is 1.24 bits per heavy atom. The second-order valence-electron chi connectivity index (χ2n) is 6.60. The second-order valence-corrected chi connectivity index (χ2v) is 7.50. The van der Waals surface area contributed by atoms with E-state index in [4.69, 9.17) is 10.7 Å². The minimum Gasteiger partial charge on any atom is -0.382 e. The SMILES string of the molecule is CN(Cc1nc2c([nH]1)c(N)nc1cc(-c3ccn[nH]3)ccc12)C(=O)c1nccs1. The normalized spacial score (nSPS) is 11.3. The molecule has 5 aromatic rings. The molecule has 1 aromatic carbocycles. The first-order valence-electron chi connectivity index (χ1n) is 8.82. The summed E-state index contributed by atoms with van der Waals surface area (Å²) >= 11 is 1.31. The van der Waals surface area contributed by atoms with Crippen LogP contribution in [0.3, 0.4) is 0 Å². The van der Waals surface area contributed by atoms with E-state index >= 15 is 0 Å².